The predicted molar refractivity (Wildman–Crippen MR) is 56.4 cm³/mol. The van der Waals surface area contributed by atoms with Gasteiger partial charge in [0.1, 0.15) is 0 Å². The Balaban J connectivity index is 2.14. The Bertz CT molecular complexity index is 313. The number of anilines is 1. The van der Waals surface area contributed by atoms with Gasteiger partial charge in [-0.1, -0.05) is 0 Å². The van der Waals surface area contributed by atoms with Crippen LogP contribution in [0.15, 0.2) is 12.3 Å². The molecule has 2 rings (SSSR count). The maximum absolute atomic E-state index is 4.42. The van der Waals surface area contributed by atoms with Crippen molar-refractivity contribution in [2.45, 2.75) is 19.9 Å². The third-order valence-corrected chi connectivity index (χ3v) is 2.43. The normalized spacial score (nSPS) is 22.4. The van der Waals surface area contributed by atoms with E-state index in [-0.39, 0.29) is 0 Å². The first-order chi connectivity index (χ1) is 6.75. The molecule has 1 unspecified atom stereocenters. The van der Waals surface area contributed by atoms with Crippen molar-refractivity contribution in [1.29, 1.82) is 0 Å². The smallest absolute Gasteiger partial charge is 0.225 e. The van der Waals surface area contributed by atoms with Crippen LogP contribution in [0.25, 0.3) is 0 Å². The minimum atomic E-state index is 0.521. The Kier molecular flexibility index (Phi) is 2.63. The van der Waals surface area contributed by atoms with Gasteiger partial charge in [0.25, 0.3) is 0 Å². The molecule has 1 saturated heterocycles. The third-order valence-electron chi connectivity index (χ3n) is 2.43. The van der Waals surface area contributed by atoms with Crippen LogP contribution in [-0.2, 0) is 0 Å². The second-order valence-electron chi connectivity index (χ2n) is 3.80. The van der Waals surface area contributed by atoms with E-state index >= 15 is 0 Å². The molecule has 0 bridgehead atoms. The van der Waals surface area contributed by atoms with Gasteiger partial charge in [0.15, 0.2) is 0 Å². The zero-order valence-electron chi connectivity index (χ0n) is 8.70. The topological polar surface area (TPSA) is 41.1 Å². The van der Waals surface area contributed by atoms with E-state index in [0.717, 1.165) is 31.3 Å². The molecule has 0 aromatic carbocycles. The second kappa shape index (κ2) is 3.92. The highest BCUT2D eigenvalue weighted by Gasteiger charge is 2.17. The number of nitrogens with one attached hydrogen (secondary N) is 1. The molecule has 0 radical (unpaired) electrons. The molecule has 2 heterocycles. The van der Waals surface area contributed by atoms with Gasteiger partial charge in [0, 0.05) is 37.6 Å². The fraction of sp³-hybridized carbons (Fsp3) is 0.600. The zero-order chi connectivity index (χ0) is 9.97. The summed E-state index contributed by atoms with van der Waals surface area (Å²) in [6, 6.07) is 2.45. The minimum Gasteiger partial charge on any atom is -0.338 e. The van der Waals surface area contributed by atoms with Crippen molar-refractivity contribution < 1.29 is 0 Å². The molecule has 14 heavy (non-hydrogen) atoms. The van der Waals surface area contributed by atoms with Crippen LogP contribution in [0.2, 0.25) is 0 Å². The molecule has 1 aromatic heterocycles. The molecule has 1 atom stereocenters. The molecule has 4 nitrogen and oxygen atoms in total. The summed E-state index contributed by atoms with van der Waals surface area (Å²) < 4.78 is 0. The van der Waals surface area contributed by atoms with Crippen molar-refractivity contribution in [2.24, 2.45) is 0 Å². The van der Waals surface area contributed by atoms with Gasteiger partial charge in [0.05, 0.1) is 0 Å². The molecule has 1 N–H and O–H groups in total. The summed E-state index contributed by atoms with van der Waals surface area (Å²) in [5, 5.41) is 3.40. The number of piperazine rings is 1. The fourth-order valence-corrected chi connectivity index (χ4v) is 1.70. The first kappa shape index (κ1) is 9.40. The summed E-state index contributed by atoms with van der Waals surface area (Å²) in [6.07, 6.45) is 1.82. The van der Waals surface area contributed by atoms with Crippen molar-refractivity contribution in [3.63, 3.8) is 0 Å². The number of aromatic nitrogens is 2. The lowest BCUT2D eigenvalue weighted by Gasteiger charge is -2.31. The zero-order valence-corrected chi connectivity index (χ0v) is 8.70. The average Bonchev–Trinajstić information content (AvgIpc) is 2.18. The molecule has 1 aromatic rings. The molecular formula is C10H16N4. The van der Waals surface area contributed by atoms with Gasteiger partial charge < -0.3 is 10.2 Å². The van der Waals surface area contributed by atoms with Crippen molar-refractivity contribution in [1.82, 2.24) is 15.3 Å². The number of hydrogen-bond acceptors (Lipinski definition) is 4. The summed E-state index contributed by atoms with van der Waals surface area (Å²) in [5.74, 6) is 0.860. The van der Waals surface area contributed by atoms with Gasteiger partial charge in [-0.05, 0) is 19.9 Å². The molecular weight excluding hydrogens is 176 g/mol. The first-order valence-corrected chi connectivity index (χ1v) is 5.03. The standard InChI is InChI=1S/C10H16N4/c1-8-3-4-12-10(13-8)14-6-5-11-9(2)7-14/h3-4,9,11H,5-7H2,1-2H3. The van der Waals surface area contributed by atoms with Crippen LogP contribution < -0.4 is 10.2 Å². The molecule has 1 aliphatic rings. The second-order valence-corrected chi connectivity index (χ2v) is 3.80. The van der Waals surface area contributed by atoms with Gasteiger partial charge in [-0.25, -0.2) is 9.97 Å². The van der Waals surface area contributed by atoms with E-state index in [1.807, 2.05) is 19.2 Å². The van der Waals surface area contributed by atoms with E-state index in [1.54, 1.807) is 0 Å². The molecule has 0 spiro atoms. The molecule has 0 aliphatic carbocycles. The summed E-state index contributed by atoms with van der Waals surface area (Å²) in [7, 11) is 0. The Hall–Kier alpha value is -1.16. The third kappa shape index (κ3) is 2.01. The summed E-state index contributed by atoms with van der Waals surface area (Å²) in [5.41, 5.74) is 1.03. The van der Waals surface area contributed by atoms with Crippen LogP contribution in [0.3, 0.4) is 0 Å². The van der Waals surface area contributed by atoms with Crippen molar-refractivity contribution in [3.8, 4) is 0 Å². The van der Waals surface area contributed by atoms with Crippen LogP contribution in [0.5, 0.6) is 0 Å². The Morgan fingerprint density at radius 1 is 1.57 bits per heavy atom. The Morgan fingerprint density at radius 3 is 3.14 bits per heavy atom. The van der Waals surface area contributed by atoms with Gasteiger partial charge in [0.2, 0.25) is 5.95 Å². The van der Waals surface area contributed by atoms with Crippen LogP contribution in [0, 0.1) is 6.92 Å². The van der Waals surface area contributed by atoms with Crippen LogP contribution >= 0.6 is 0 Å². The lowest BCUT2D eigenvalue weighted by atomic mass is 10.2. The van der Waals surface area contributed by atoms with E-state index in [1.165, 1.54) is 0 Å². The van der Waals surface area contributed by atoms with Gasteiger partial charge >= 0.3 is 0 Å². The highest BCUT2D eigenvalue weighted by atomic mass is 15.3. The number of hydrogen-bond donors (Lipinski definition) is 1. The van der Waals surface area contributed by atoms with Gasteiger partial charge in [-0.15, -0.1) is 0 Å². The highest BCUT2D eigenvalue weighted by Crippen LogP contribution is 2.09. The minimum absolute atomic E-state index is 0.521. The van der Waals surface area contributed by atoms with E-state index in [2.05, 4.69) is 27.1 Å². The van der Waals surface area contributed by atoms with E-state index in [0.29, 0.717) is 6.04 Å². The lowest BCUT2D eigenvalue weighted by Crippen LogP contribution is -2.49. The van der Waals surface area contributed by atoms with Gasteiger partial charge in [-0.2, -0.15) is 0 Å². The van der Waals surface area contributed by atoms with Crippen molar-refractivity contribution >= 4 is 5.95 Å². The lowest BCUT2D eigenvalue weighted by molar-refractivity contribution is 0.479. The number of nitrogens with zero attached hydrogens (tertiary/aromatic N) is 3. The monoisotopic (exact) mass is 192 g/mol. The summed E-state index contributed by atoms with van der Waals surface area (Å²) >= 11 is 0. The maximum Gasteiger partial charge on any atom is 0.225 e. The largest absolute Gasteiger partial charge is 0.338 e. The van der Waals surface area contributed by atoms with E-state index < -0.39 is 0 Å². The molecule has 0 amide bonds. The molecule has 1 aliphatic heterocycles. The van der Waals surface area contributed by atoms with Crippen LogP contribution in [0.4, 0.5) is 5.95 Å². The summed E-state index contributed by atoms with van der Waals surface area (Å²) in [4.78, 5) is 10.9. The Morgan fingerprint density at radius 2 is 2.43 bits per heavy atom. The molecule has 1 fully saturated rings. The maximum atomic E-state index is 4.42. The van der Waals surface area contributed by atoms with Gasteiger partial charge in [-0.3, -0.25) is 0 Å². The van der Waals surface area contributed by atoms with Crippen molar-refractivity contribution in [2.75, 3.05) is 24.5 Å². The SMILES string of the molecule is Cc1ccnc(N2CCNC(C)C2)n1. The average molecular weight is 192 g/mol. The predicted octanol–water partition coefficient (Wildman–Crippen LogP) is 0.583. The fourth-order valence-electron chi connectivity index (χ4n) is 1.70. The number of aryl methyl sites for hydroxylation is 1. The highest BCUT2D eigenvalue weighted by molar-refractivity contribution is 5.31. The molecule has 76 valence electrons. The van der Waals surface area contributed by atoms with Crippen LogP contribution in [-0.4, -0.2) is 35.6 Å². The van der Waals surface area contributed by atoms with Crippen molar-refractivity contribution in [3.05, 3.63) is 18.0 Å². The van der Waals surface area contributed by atoms with Crippen LogP contribution in [0.1, 0.15) is 12.6 Å². The van der Waals surface area contributed by atoms with E-state index in [4.69, 9.17) is 0 Å². The molecule has 4 heteroatoms. The van der Waals surface area contributed by atoms with E-state index in [9.17, 15) is 0 Å². The number of rotatable bonds is 1. The Labute approximate surface area is 84.4 Å². The molecule has 0 saturated carbocycles. The quantitative estimate of drug-likeness (QED) is 0.707. The first-order valence-electron chi connectivity index (χ1n) is 5.03. The summed E-state index contributed by atoms with van der Waals surface area (Å²) in [6.45, 7) is 7.18.